The number of esters is 1. The van der Waals surface area contributed by atoms with Gasteiger partial charge in [0.05, 0.1) is 12.5 Å². The highest BCUT2D eigenvalue weighted by molar-refractivity contribution is 5.72. The number of piperidine rings is 1. The Morgan fingerprint density at radius 1 is 1.37 bits per heavy atom. The van der Waals surface area contributed by atoms with E-state index < -0.39 is 0 Å². The zero-order valence-electron chi connectivity index (χ0n) is 12.4. The summed E-state index contributed by atoms with van der Waals surface area (Å²) in [5.41, 5.74) is 0. The molecule has 0 radical (unpaired) electrons. The van der Waals surface area contributed by atoms with Crippen molar-refractivity contribution < 1.29 is 9.53 Å². The molecule has 2 aliphatic rings. The molecule has 2 aliphatic heterocycles. The molecule has 0 aromatic rings. The maximum atomic E-state index is 11.6. The fourth-order valence-corrected chi connectivity index (χ4v) is 3.40. The van der Waals surface area contributed by atoms with Crippen molar-refractivity contribution in [3.8, 4) is 0 Å². The van der Waals surface area contributed by atoms with Crippen molar-refractivity contribution in [1.82, 2.24) is 10.2 Å². The first-order valence-corrected chi connectivity index (χ1v) is 7.83. The van der Waals surface area contributed by atoms with E-state index in [1.165, 1.54) is 32.2 Å². The topological polar surface area (TPSA) is 41.6 Å². The number of hydrogen-bond acceptors (Lipinski definition) is 4. The van der Waals surface area contributed by atoms with Crippen LogP contribution in [0.1, 0.15) is 39.5 Å². The summed E-state index contributed by atoms with van der Waals surface area (Å²) >= 11 is 0. The van der Waals surface area contributed by atoms with Crippen LogP contribution in [0.5, 0.6) is 0 Å². The van der Waals surface area contributed by atoms with Crippen LogP contribution in [0.3, 0.4) is 0 Å². The van der Waals surface area contributed by atoms with Crippen molar-refractivity contribution >= 4 is 5.97 Å². The van der Waals surface area contributed by atoms with Crippen LogP contribution in [0, 0.1) is 11.8 Å². The lowest BCUT2D eigenvalue weighted by Gasteiger charge is -2.35. The van der Waals surface area contributed by atoms with E-state index in [1.807, 2.05) is 13.8 Å². The van der Waals surface area contributed by atoms with Gasteiger partial charge in [0, 0.05) is 12.6 Å². The summed E-state index contributed by atoms with van der Waals surface area (Å²) in [6, 6.07) is 0.754. The maximum absolute atomic E-state index is 11.6. The van der Waals surface area contributed by atoms with Gasteiger partial charge in [-0.25, -0.2) is 0 Å². The molecule has 0 aromatic carbocycles. The Labute approximate surface area is 116 Å². The summed E-state index contributed by atoms with van der Waals surface area (Å²) < 4.78 is 5.07. The Balaban J connectivity index is 1.69. The summed E-state index contributed by atoms with van der Waals surface area (Å²) in [6.45, 7) is 8.64. The summed E-state index contributed by atoms with van der Waals surface area (Å²) in [5.74, 6) is 0.792. The maximum Gasteiger partial charge on any atom is 0.309 e. The first kappa shape index (κ1) is 14.8. The summed E-state index contributed by atoms with van der Waals surface area (Å²) in [5, 5.41) is 3.62. The van der Waals surface area contributed by atoms with E-state index in [4.69, 9.17) is 4.74 Å². The second-order valence-electron chi connectivity index (χ2n) is 5.99. The molecular weight excluding hydrogens is 240 g/mol. The Bertz CT molecular complexity index is 282. The van der Waals surface area contributed by atoms with E-state index in [9.17, 15) is 4.79 Å². The zero-order valence-corrected chi connectivity index (χ0v) is 12.4. The number of rotatable bonds is 5. The number of hydrogen-bond donors (Lipinski definition) is 1. The smallest absolute Gasteiger partial charge is 0.309 e. The zero-order chi connectivity index (χ0) is 13.7. The normalized spacial score (nSPS) is 27.4. The molecule has 0 aliphatic carbocycles. The van der Waals surface area contributed by atoms with Gasteiger partial charge in [0.2, 0.25) is 0 Å². The van der Waals surface area contributed by atoms with Crippen molar-refractivity contribution in [3.05, 3.63) is 0 Å². The highest BCUT2D eigenvalue weighted by atomic mass is 16.5. The number of ether oxygens (including phenoxy) is 1. The first-order chi connectivity index (χ1) is 9.20. The van der Waals surface area contributed by atoms with Gasteiger partial charge >= 0.3 is 5.97 Å². The Morgan fingerprint density at radius 3 is 2.68 bits per heavy atom. The first-order valence-electron chi connectivity index (χ1n) is 7.83. The van der Waals surface area contributed by atoms with Crippen LogP contribution in [0.15, 0.2) is 0 Å². The second-order valence-corrected chi connectivity index (χ2v) is 5.99. The van der Waals surface area contributed by atoms with E-state index >= 15 is 0 Å². The van der Waals surface area contributed by atoms with Crippen molar-refractivity contribution in [1.29, 1.82) is 0 Å². The van der Waals surface area contributed by atoms with Crippen LogP contribution in [0.4, 0.5) is 0 Å². The average Bonchev–Trinajstić information content (AvgIpc) is 2.94. The molecule has 2 rings (SSSR count). The van der Waals surface area contributed by atoms with Crippen LogP contribution >= 0.6 is 0 Å². The largest absolute Gasteiger partial charge is 0.466 e. The van der Waals surface area contributed by atoms with Crippen LogP contribution in [-0.2, 0) is 9.53 Å². The molecule has 2 heterocycles. The summed E-state index contributed by atoms with van der Waals surface area (Å²) in [7, 11) is 0. The Hall–Kier alpha value is -0.610. The van der Waals surface area contributed by atoms with Crippen LogP contribution in [-0.4, -0.2) is 49.7 Å². The Morgan fingerprint density at radius 2 is 2.11 bits per heavy atom. The van der Waals surface area contributed by atoms with Crippen LogP contribution in [0.25, 0.3) is 0 Å². The molecule has 0 amide bonds. The van der Waals surface area contributed by atoms with Crippen molar-refractivity contribution in [3.63, 3.8) is 0 Å². The van der Waals surface area contributed by atoms with Gasteiger partial charge in [-0.05, 0) is 58.2 Å². The number of nitrogens with zero attached hydrogens (tertiary/aromatic N) is 1. The van der Waals surface area contributed by atoms with Gasteiger partial charge in [0.25, 0.3) is 0 Å². The van der Waals surface area contributed by atoms with E-state index in [1.54, 1.807) is 0 Å². The van der Waals surface area contributed by atoms with E-state index in [0.29, 0.717) is 6.61 Å². The molecule has 0 saturated carbocycles. The third-order valence-corrected chi connectivity index (χ3v) is 4.52. The average molecular weight is 268 g/mol. The van der Waals surface area contributed by atoms with Gasteiger partial charge in [-0.2, -0.15) is 0 Å². The number of carbonyl (C=O) groups excluding carboxylic acids is 1. The minimum absolute atomic E-state index is 0.00102. The lowest BCUT2D eigenvalue weighted by atomic mass is 9.88. The molecule has 0 bridgehead atoms. The highest BCUT2D eigenvalue weighted by Gasteiger charge is 2.29. The predicted molar refractivity (Wildman–Crippen MR) is 76.0 cm³/mol. The van der Waals surface area contributed by atoms with Crippen molar-refractivity contribution in [2.24, 2.45) is 11.8 Å². The molecule has 2 atom stereocenters. The molecule has 4 heteroatoms. The standard InChI is InChI=1S/C15H28N2O2/c1-3-19-15(18)12(2)11-17-9-6-13(7-10-17)14-5-4-8-16-14/h12-14,16H,3-11H2,1-2H3. The fraction of sp³-hybridized carbons (Fsp3) is 0.933. The molecule has 0 aromatic heterocycles. The van der Waals surface area contributed by atoms with Crippen LogP contribution in [0.2, 0.25) is 0 Å². The number of carbonyl (C=O) groups is 1. The van der Waals surface area contributed by atoms with Crippen molar-refractivity contribution in [2.45, 2.75) is 45.6 Å². The fourth-order valence-electron chi connectivity index (χ4n) is 3.40. The monoisotopic (exact) mass is 268 g/mol. The Kier molecular flexibility index (Phi) is 5.64. The quantitative estimate of drug-likeness (QED) is 0.770. The van der Waals surface area contributed by atoms with Crippen LogP contribution < -0.4 is 5.32 Å². The molecule has 4 nitrogen and oxygen atoms in total. The van der Waals surface area contributed by atoms with E-state index in [2.05, 4.69) is 10.2 Å². The lowest BCUT2D eigenvalue weighted by molar-refractivity contribution is -0.148. The lowest BCUT2D eigenvalue weighted by Crippen LogP contribution is -2.43. The molecule has 19 heavy (non-hydrogen) atoms. The predicted octanol–water partition coefficient (Wildman–Crippen LogP) is 1.65. The van der Waals surface area contributed by atoms with Gasteiger partial charge in [-0.1, -0.05) is 6.92 Å². The van der Waals surface area contributed by atoms with E-state index in [0.717, 1.165) is 31.6 Å². The molecular formula is C15H28N2O2. The van der Waals surface area contributed by atoms with Gasteiger partial charge < -0.3 is 15.0 Å². The van der Waals surface area contributed by atoms with Gasteiger partial charge in [-0.3, -0.25) is 4.79 Å². The third-order valence-electron chi connectivity index (χ3n) is 4.52. The molecule has 110 valence electrons. The second kappa shape index (κ2) is 7.25. The van der Waals surface area contributed by atoms with Crippen molar-refractivity contribution in [2.75, 3.05) is 32.8 Å². The van der Waals surface area contributed by atoms with E-state index in [-0.39, 0.29) is 11.9 Å². The van der Waals surface area contributed by atoms with Gasteiger partial charge in [-0.15, -0.1) is 0 Å². The third kappa shape index (κ3) is 4.18. The number of likely N-dealkylation sites (tertiary alicyclic amines) is 1. The summed E-state index contributed by atoms with van der Waals surface area (Å²) in [6.07, 6.45) is 5.23. The molecule has 0 spiro atoms. The number of nitrogens with one attached hydrogen (secondary N) is 1. The highest BCUT2D eigenvalue weighted by Crippen LogP contribution is 2.25. The molecule has 2 fully saturated rings. The molecule has 2 saturated heterocycles. The minimum atomic E-state index is -0.0536. The molecule has 1 N–H and O–H groups in total. The molecule has 2 unspecified atom stereocenters. The SMILES string of the molecule is CCOC(=O)C(C)CN1CCC(C2CCCN2)CC1. The summed E-state index contributed by atoms with van der Waals surface area (Å²) in [4.78, 5) is 14.1. The van der Waals surface area contributed by atoms with Gasteiger partial charge in [0.1, 0.15) is 0 Å². The van der Waals surface area contributed by atoms with Gasteiger partial charge in [0.15, 0.2) is 0 Å². The minimum Gasteiger partial charge on any atom is -0.466 e.